The van der Waals surface area contributed by atoms with Gasteiger partial charge < -0.3 is 0 Å². The Balaban J connectivity index is 3.06. The van der Waals surface area contributed by atoms with Crippen LogP contribution in [-0.4, -0.2) is 10.1 Å². The second kappa shape index (κ2) is 2.03. The summed E-state index contributed by atoms with van der Waals surface area (Å²) in [5.74, 6) is -0.530. The summed E-state index contributed by atoms with van der Waals surface area (Å²) in [4.78, 5) is 10.6. The maximum Gasteiger partial charge on any atom is 0.218 e. The van der Waals surface area contributed by atoms with E-state index in [9.17, 15) is 4.79 Å². The second-order valence-electron chi connectivity index (χ2n) is 1.53. The standard InChI is InChI=1S/C4Cl4O/c5-1-2(6)4(7,8)3(1)9. The third-order valence-corrected chi connectivity index (χ3v) is 2.80. The molecule has 50 valence electrons. The zero-order valence-corrected chi connectivity index (χ0v) is 6.94. The van der Waals surface area contributed by atoms with Crippen LogP contribution in [0.2, 0.25) is 0 Å². The summed E-state index contributed by atoms with van der Waals surface area (Å²) in [6, 6.07) is 0. The van der Waals surface area contributed by atoms with Crippen molar-refractivity contribution in [1.82, 2.24) is 0 Å². The van der Waals surface area contributed by atoms with Crippen LogP contribution < -0.4 is 0 Å². The summed E-state index contributed by atoms with van der Waals surface area (Å²) >= 11 is 21.3. The number of allylic oxidation sites excluding steroid dienone is 2. The predicted octanol–water partition coefficient (Wildman–Crippen LogP) is 2.43. The molecule has 9 heavy (non-hydrogen) atoms. The molecule has 1 rings (SSSR count). The number of ketones is 1. The molecule has 1 aliphatic carbocycles. The van der Waals surface area contributed by atoms with E-state index in [1.807, 2.05) is 0 Å². The number of hydrogen-bond donors (Lipinski definition) is 0. The van der Waals surface area contributed by atoms with Gasteiger partial charge in [-0.2, -0.15) is 0 Å². The fraction of sp³-hybridized carbons (Fsp3) is 0.250. The van der Waals surface area contributed by atoms with Gasteiger partial charge in [0.15, 0.2) is 0 Å². The van der Waals surface area contributed by atoms with Crippen LogP contribution in [0.4, 0.5) is 0 Å². The lowest BCUT2D eigenvalue weighted by atomic mass is 10.1. The molecule has 1 aliphatic rings. The minimum Gasteiger partial charge on any atom is -0.289 e. The maximum absolute atomic E-state index is 10.6. The van der Waals surface area contributed by atoms with E-state index in [2.05, 4.69) is 0 Å². The number of alkyl halides is 2. The van der Waals surface area contributed by atoms with Gasteiger partial charge in [0.1, 0.15) is 5.03 Å². The third kappa shape index (κ3) is 0.874. The largest absolute Gasteiger partial charge is 0.289 e. The number of carbonyl (C=O) groups is 1. The van der Waals surface area contributed by atoms with E-state index in [1.165, 1.54) is 0 Å². The van der Waals surface area contributed by atoms with E-state index in [1.54, 1.807) is 0 Å². The molecular formula is C4Cl4O. The zero-order chi connectivity index (χ0) is 7.23. The van der Waals surface area contributed by atoms with E-state index < -0.39 is 10.1 Å². The van der Waals surface area contributed by atoms with E-state index in [-0.39, 0.29) is 10.1 Å². The van der Waals surface area contributed by atoms with Crippen molar-refractivity contribution in [3.8, 4) is 0 Å². The Morgan fingerprint density at radius 1 is 1.22 bits per heavy atom. The molecule has 0 bridgehead atoms. The van der Waals surface area contributed by atoms with Crippen LogP contribution in [0, 0.1) is 0 Å². The molecule has 0 aromatic carbocycles. The van der Waals surface area contributed by atoms with Crippen molar-refractivity contribution < 1.29 is 4.79 Å². The monoisotopic (exact) mass is 204 g/mol. The van der Waals surface area contributed by atoms with Crippen LogP contribution in [-0.2, 0) is 4.79 Å². The normalized spacial score (nSPS) is 24.2. The van der Waals surface area contributed by atoms with Gasteiger partial charge in [0, 0.05) is 0 Å². The molecule has 0 radical (unpaired) electrons. The van der Waals surface area contributed by atoms with Crippen LogP contribution in [0.25, 0.3) is 0 Å². The van der Waals surface area contributed by atoms with Gasteiger partial charge in [-0.3, -0.25) is 4.79 Å². The van der Waals surface area contributed by atoms with Crippen molar-refractivity contribution in [3.05, 3.63) is 10.1 Å². The van der Waals surface area contributed by atoms with Crippen molar-refractivity contribution in [1.29, 1.82) is 0 Å². The topological polar surface area (TPSA) is 17.1 Å². The van der Waals surface area contributed by atoms with E-state index >= 15 is 0 Å². The lowest BCUT2D eigenvalue weighted by molar-refractivity contribution is -0.116. The first-order chi connectivity index (χ1) is 3.98. The van der Waals surface area contributed by atoms with Crippen LogP contribution in [0.5, 0.6) is 0 Å². The Bertz CT molecular complexity index is 205. The SMILES string of the molecule is O=C1C(Cl)=C(Cl)C1(Cl)Cl. The molecule has 0 saturated carbocycles. The van der Waals surface area contributed by atoms with Gasteiger partial charge in [0.05, 0.1) is 5.03 Å². The number of carbonyl (C=O) groups excluding carboxylic acids is 1. The first kappa shape index (κ1) is 7.67. The molecule has 0 aromatic rings. The Kier molecular flexibility index (Phi) is 1.73. The zero-order valence-electron chi connectivity index (χ0n) is 3.92. The maximum atomic E-state index is 10.6. The summed E-state index contributed by atoms with van der Waals surface area (Å²) in [7, 11) is 0. The Labute approximate surface area is 71.5 Å². The van der Waals surface area contributed by atoms with Crippen molar-refractivity contribution in [3.63, 3.8) is 0 Å². The van der Waals surface area contributed by atoms with Crippen molar-refractivity contribution >= 4 is 52.2 Å². The number of rotatable bonds is 0. The Morgan fingerprint density at radius 3 is 1.78 bits per heavy atom. The van der Waals surface area contributed by atoms with Crippen molar-refractivity contribution in [2.75, 3.05) is 0 Å². The first-order valence-corrected chi connectivity index (χ1v) is 3.47. The summed E-state index contributed by atoms with van der Waals surface area (Å²) in [5.41, 5.74) is 0. The molecule has 0 amide bonds. The van der Waals surface area contributed by atoms with Gasteiger partial charge in [-0.25, -0.2) is 0 Å². The molecule has 5 heteroatoms. The summed E-state index contributed by atoms with van der Waals surface area (Å²) in [6.07, 6.45) is 0. The van der Waals surface area contributed by atoms with Gasteiger partial charge in [0.25, 0.3) is 0 Å². The molecule has 0 N–H and O–H groups in total. The quantitative estimate of drug-likeness (QED) is 0.556. The van der Waals surface area contributed by atoms with E-state index in [0.717, 1.165) is 0 Å². The highest BCUT2D eigenvalue weighted by Gasteiger charge is 2.50. The lowest BCUT2D eigenvalue weighted by Gasteiger charge is -2.26. The van der Waals surface area contributed by atoms with Gasteiger partial charge >= 0.3 is 0 Å². The molecule has 0 aliphatic heterocycles. The fourth-order valence-corrected chi connectivity index (χ4v) is 1.44. The minimum atomic E-state index is -1.57. The van der Waals surface area contributed by atoms with Gasteiger partial charge in [-0.15, -0.1) is 0 Å². The van der Waals surface area contributed by atoms with Crippen molar-refractivity contribution in [2.45, 2.75) is 4.33 Å². The number of hydrogen-bond acceptors (Lipinski definition) is 1. The highest BCUT2D eigenvalue weighted by molar-refractivity contribution is 6.75. The number of Topliss-reactive ketones (excluding diaryl/α,β-unsaturated/α-hetero) is 1. The molecule has 0 aromatic heterocycles. The minimum absolute atomic E-state index is 0.0116. The third-order valence-electron chi connectivity index (χ3n) is 0.953. The first-order valence-electron chi connectivity index (χ1n) is 1.96. The Hall–Kier alpha value is 0.570. The summed E-state index contributed by atoms with van der Waals surface area (Å²) < 4.78 is -1.57. The highest BCUT2D eigenvalue weighted by Crippen LogP contribution is 2.47. The summed E-state index contributed by atoms with van der Waals surface area (Å²) in [6.45, 7) is 0. The Morgan fingerprint density at radius 2 is 1.67 bits per heavy atom. The molecular weight excluding hydrogens is 206 g/mol. The van der Waals surface area contributed by atoms with Crippen LogP contribution in [0.1, 0.15) is 0 Å². The van der Waals surface area contributed by atoms with E-state index in [4.69, 9.17) is 46.4 Å². The van der Waals surface area contributed by atoms with E-state index in [0.29, 0.717) is 0 Å². The molecule has 1 nitrogen and oxygen atoms in total. The molecule has 0 saturated heterocycles. The lowest BCUT2D eigenvalue weighted by Crippen LogP contribution is -2.37. The molecule has 0 atom stereocenters. The second-order valence-corrected chi connectivity index (χ2v) is 3.61. The average Bonchev–Trinajstić information content (AvgIpc) is 1.84. The van der Waals surface area contributed by atoms with Crippen LogP contribution in [0.15, 0.2) is 10.1 Å². The smallest absolute Gasteiger partial charge is 0.218 e. The number of halogens is 4. The van der Waals surface area contributed by atoms with Gasteiger partial charge in [0.2, 0.25) is 10.1 Å². The predicted molar refractivity (Wildman–Crippen MR) is 38.2 cm³/mol. The van der Waals surface area contributed by atoms with Gasteiger partial charge in [-0.05, 0) is 0 Å². The molecule has 0 unspecified atom stereocenters. The van der Waals surface area contributed by atoms with Crippen molar-refractivity contribution in [2.24, 2.45) is 0 Å². The molecule has 0 heterocycles. The van der Waals surface area contributed by atoms with Crippen LogP contribution in [0.3, 0.4) is 0 Å². The van der Waals surface area contributed by atoms with Gasteiger partial charge in [-0.1, -0.05) is 46.4 Å². The highest BCUT2D eigenvalue weighted by atomic mass is 35.5. The average molecular weight is 206 g/mol. The molecule has 0 spiro atoms. The molecule has 0 fully saturated rings. The van der Waals surface area contributed by atoms with Crippen LogP contribution >= 0.6 is 46.4 Å². The fourth-order valence-electron chi connectivity index (χ4n) is 0.413. The summed E-state index contributed by atoms with van der Waals surface area (Å²) in [5, 5.41) is -0.0563.